The van der Waals surface area contributed by atoms with Gasteiger partial charge in [0.15, 0.2) is 23.3 Å². The highest BCUT2D eigenvalue weighted by atomic mass is 19.2. The number of carbonyl (C=O) groups excluding carboxylic acids is 1. The van der Waals surface area contributed by atoms with E-state index in [2.05, 4.69) is 15.5 Å². The van der Waals surface area contributed by atoms with Gasteiger partial charge in [-0.05, 0) is 0 Å². The van der Waals surface area contributed by atoms with Crippen LogP contribution in [-0.4, -0.2) is 19.7 Å². The number of rotatable bonds is 4. The lowest BCUT2D eigenvalue weighted by atomic mass is 10.1. The summed E-state index contributed by atoms with van der Waals surface area (Å²) in [6, 6.07) is 0. The van der Waals surface area contributed by atoms with E-state index < -0.39 is 46.8 Å². The van der Waals surface area contributed by atoms with E-state index in [0.29, 0.717) is 0 Å². The minimum absolute atomic E-state index is 0.343. The Bertz CT molecular complexity index is 450. The van der Waals surface area contributed by atoms with Gasteiger partial charge in [0.1, 0.15) is 5.56 Å². The highest BCUT2D eigenvalue weighted by Gasteiger charge is 2.29. The predicted molar refractivity (Wildman–Crippen MR) is 51.5 cm³/mol. The average Bonchev–Trinajstić information content (AvgIpc) is 2.36. The van der Waals surface area contributed by atoms with Gasteiger partial charge < -0.3 is 9.57 Å². The zero-order chi connectivity index (χ0) is 13.9. The fraction of sp³-hybridized carbons (Fsp3) is 0.300. The first-order chi connectivity index (χ1) is 8.45. The fourth-order valence-corrected chi connectivity index (χ4v) is 1.34. The SMILES string of the molecule is COC(=O)c1c(F)c(F)c(CCON)c(F)c1F. The summed E-state index contributed by atoms with van der Waals surface area (Å²) in [4.78, 5) is 15.1. The van der Waals surface area contributed by atoms with Gasteiger partial charge in [0.05, 0.1) is 13.7 Å². The van der Waals surface area contributed by atoms with Crippen LogP contribution in [0.3, 0.4) is 0 Å². The van der Waals surface area contributed by atoms with Crippen molar-refractivity contribution in [1.29, 1.82) is 0 Å². The van der Waals surface area contributed by atoms with E-state index in [1.807, 2.05) is 0 Å². The van der Waals surface area contributed by atoms with E-state index >= 15 is 0 Å². The molecule has 0 saturated carbocycles. The first-order valence-electron chi connectivity index (χ1n) is 4.70. The molecule has 4 nitrogen and oxygen atoms in total. The van der Waals surface area contributed by atoms with Crippen LogP contribution in [0.25, 0.3) is 0 Å². The Morgan fingerprint density at radius 1 is 1.11 bits per heavy atom. The van der Waals surface area contributed by atoms with E-state index in [4.69, 9.17) is 0 Å². The molecule has 2 N–H and O–H groups in total. The smallest absolute Gasteiger partial charge is 0.344 e. The molecule has 0 fully saturated rings. The Morgan fingerprint density at radius 3 is 2.00 bits per heavy atom. The number of nitrogens with two attached hydrogens (primary N) is 1. The molecule has 0 aliphatic carbocycles. The van der Waals surface area contributed by atoms with Crippen LogP contribution in [-0.2, 0) is 16.0 Å². The number of benzene rings is 1. The number of hydrogen-bond donors (Lipinski definition) is 1. The van der Waals surface area contributed by atoms with Gasteiger partial charge in [0, 0.05) is 12.0 Å². The van der Waals surface area contributed by atoms with E-state index in [1.165, 1.54) is 0 Å². The zero-order valence-electron chi connectivity index (χ0n) is 9.23. The van der Waals surface area contributed by atoms with Crippen molar-refractivity contribution in [3.8, 4) is 0 Å². The van der Waals surface area contributed by atoms with Gasteiger partial charge in [0.2, 0.25) is 0 Å². The van der Waals surface area contributed by atoms with Crippen LogP contribution in [0.5, 0.6) is 0 Å². The number of ether oxygens (including phenoxy) is 1. The molecule has 8 heteroatoms. The van der Waals surface area contributed by atoms with Crippen molar-refractivity contribution in [3.63, 3.8) is 0 Å². The highest BCUT2D eigenvalue weighted by Crippen LogP contribution is 2.25. The summed E-state index contributed by atoms with van der Waals surface area (Å²) in [5.74, 6) is -3.84. The first-order valence-corrected chi connectivity index (χ1v) is 4.70. The molecule has 1 aromatic carbocycles. The van der Waals surface area contributed by atoms with Crippen LogP contribution >= 0.6 is 0 Å². The number of carbonyl (C=O) groups is 1. The van der Waals surface area contributed by atoms with Crippen LogP contribution in [0.15, 0.2) is 0 Å². The topological polar surface area (TPSA) is 61.5 Å². The number of halogens is 4. The van der Waals surface area contributed by atoms with Crippen molar-refractivity contribution < 1.29 is 31.9 Å². The Kier molecular flexibility index (Phi) is 4.62. The van der Waals surface area contributed by atoms with Gasteiger partial charge in [-0.15, -0.1) is 0 Å². The van der Waals surface area contributed by atoms with Crippen LogP contribution in [0.1, 0.15) is 15.9 Å². The molecule has 0 amide bonds. The van der Waals surface area contributed by atoms with Gasteiger partial charge in [-0.2, -0.15) is 0 Å². The third-order valence-corrected chi connectivity index (χ3v) is 2.21. The summed E-state index contributed by atoms with van der Waals surface area (Å²) in [6.07, 6.45) is -0.483. The van der Waals surface area contributed by atoms with Crippen molar-refractivity contribution >= 4 is 5.97 Å². The largest absolute Gasteiger partial charge is 0.465 e. The third-order valence-electron chi connectivity index (χ3n) is 2.21. The lowest BCUT2D eigenvalue weighted by molar-refractivity contribution is 0.0586. The molecule has 0 unspecified atom stereocenters. The monoisotopic (exact) mass is 267 g/mol. The van der Waals surface area contributed by atoms with E-state index in [0.717, 1.165) is 7.11 Å². The minimum Gasteiger partial charge on any atom is -0.465 e. The molecule has 0 aromatic heterocycles. The number of esters is 1. The van der Waals surface area contributed by atoms with Crippen LogP contribution in [0, 0.1) is 23.3 Å². The normalized spacial score (nSPS) is 10.6. The quantitative estimate of drug-likeness (QED) is 0.388. The molecule has 100 valence electrons. The zero-order valence-corrected chi connectivity index (χ0v) is 9.23. The standard InChI is InChI=1S/C10H9F4NO3/c1-17-10(16)5-8(13)6(11)4(2-3-18-15)7(12)9(5)14/h2-3,15H2,1H3. The van der Waals surface area contributed by atoms with Gasteiger partial charge in [0.25, 0.3) is 0 Å². The van der Waals surface area contributed by atoms with Gasteiger partial charge in [-0.25, -0.2) is 28.3 Å². The molecule has 18 heavy (non-hydrogen) atoms. The summed E-state index contributed by atoms with van der Waals surface area (Å²) in [5, 5.41) is 0. The van der Waals surface area contributed by atoms with Crippen molar-refractivity contribution in [3.05, 3.63) is 34.4 Å². The molecule has 0 spiro atoms. The molecule has 1 aromatic rings. The Morgan fingerprint density at radius 2 is 1.61 bits per heavy atom. The maximum absolute atomic E-state index is 13.4. The molecule has 0 aliphatic heterocycles. The van der Waals surface area contributed by atoms with E-state index in [1.54, 1.807) is 0 Å². The van der Waals surface area contributed by atoms with Crippen LogP contribution in [0.4, 0.5) is 17.6 Å². The van der Waals surface area contributed by atoms with Crippen molar-refractivity contribution in [2.24, 2.45) is 5.90 Å². The Labute approximate surface area is 99.2 Å². The Hall–Kier alpha value is -1.67. The predicted octanol–water partition coefficient (Wildman–Crippen LogP) is 1.46. The van der Waals surface area contributed by atoms with E-state index in [9.17, 15) is 22.4 Å². The lowest BCUT2D eigenvalue weighted by Crippen LogP contribution is -2.16. The molecule has 0 radical (unpaired) electrons. The van der Waals surface area contributed by atoms with Crippen molar-refractivity contribution in [2.45, 2.75) is 6.42 Å². The van der Waals surface area contributed by atoms with Crippen molar-refractivity contribution in [2.75, 3.05) is 13.7 Å². The van der Waals surface area contributed by atoms with Crippen LogP contribution in [0.2, 0.25) is 0 Å². The Balaban J connectivity index is 3.40. The van der Waals surface area contributed by atoms with Crippen LogP contribution < -0.4 is 5.90 Å². The number of methoxy groups -OCH3 is 1. The maximum atomic E-state index is 13.4. The molecular formula is C10H9F4NO3. The van der Waals surface area contributed by atoms with Gasteiger partial charge >= 0.3 is 5.97 Å². The first kappa shape index (κ1) is 14.4. The third kappa shape index (κ3) is 2.44. The molecular weight excluding hydrogens is 258 g/mol. The summed E-state index contributed by atoms with van der Waals surface area (Å²) in [5.41, 5.74) is -2.30. The van der Waals surface area contributed by atoms with E-state index in [-0.39, 0.29) is 6.61 Å². The van der Waals surface area contributed by atoms with Gasteiger partial charge in [-0.1, -0.05) is 0 Å². The summed E-state index contributed by atoms with van der Waals surface area (Å²) in [7, 11) is 0.827. The second-order valence-corrected chi connectivity index (χ2v) is 3.22. The molecule has 0 atom stereocenters. The van der Waals surface area contributed by atoms with Crippen molar-refractivity contribution in [1.82, 2.24) is 0 Å². The lowest BCUT2D eigenvalue weighted by Gasteiger charge is -2.10. The molecule has 1 rings (SSSR count). The summed E-state index contributed by atoms with van der Waals surface area (Å²) < 4.78 is 57.7. The number of hydrogen-bond acceptors (Lipinski definition) is 4. The molecule has 0 aliphatic rings. The summed E-state index contributed by atoms with van der Waals surface area (Å²) >= 11 is 0. The minimum atomic E-state index is -1.81. The molecule has 0 bridgehead atoms. The molecule has 0 heterocycles. The summed E-state index contributed by atoms with van der Waals surface area (Å²) in [6.45, 7) is -0.343. The van der Waals surface area contributed by atoms with Gasteiger partial charge in [-0.3, -0.25) is 0 Å². The second-order valence-electron chi connectivity index (χ2n) is 3.22. The second kappa shape index (κ2) is 5.78. The fourth-order valence-electron chi connectivity index (χ4n) is 1.34. The molecule has 0 saturated heterocycles. The maximum Gasteiger partial charge on any atom is 0.344 e. The highest BCUT2D eigenvalue weighted by molar-refractivity contribution is 5.90. The average molecular weight is 267 g/mol.